The van der Waals surface area contributed by atoms with E-state index in [4.69, 9.17) is 4.74 Å². The minimum atomic E-state index is -0.571. The van der Waals surface area contributed by atoms with Crippen LogP contribution in [0.25, 0.3) is 0 Å². The molecule has 1 saturated heterocycles. The average Bonchev–Trinajstić information content (AvgIpc) is 2.05. The summed E-state index contributed by atoms with van der Waals surface area (Å²) in [6.07, 6.45) is 0.434. The lowest BCUT2D eigenvalue weighted by Gasteiger charge is -2.19. The molecule has 1 unspecified atom stereocenters. The molecule has 0 aliphatic carbocycles. The van der Waals surface area contributed by atoms with Gasteiger partial charge in [0, 0.05) is 19.5 Å². The Bertz CT molecular complexity index is 196. The van der Waals surface area contributed by atoms with Crippen molar-refractivity contribution in [3.63, 3.8) is 0 Å². The van der Waals surface area contributed by atoms with E-state index < -0.39 is 11.9 Å². The zero-order valence-electron chi connectivity index (χ0n) is 7.54. The van der Waals surface area contributed by atoms with Crippen molar-refractivity contribution in [3.05, 3.63) is 0 Å². The van der Waals surface area contributed by atoms with E-state index in [0.29, 0.717) is 26.1 Å². The van der Waals surface area contributed by atoms with Crippen LogP contribution in [0.5, 0.6) is 0 Å². The molecule has 0 spiro atoms. The lowest BCUT2D eigenvalue weighted by molar-refractivity contribution is -0.152. The molecule has 1 aliphatic heterocycles. The standard InChI is InChI=1S/C8H13NO3.ClH/c1-2-12-8(11)6-5-9-4-3-7(6)10;/h6,9H,2-5H2,1H3;1H. The van der Waals surface area contributed by atoms with Gasteiger partial charge in [-0.2, -0.15) is 0 Å². The van der Waals surface area contributed by atoms with Crippen LogP contribution in [0.3, 0.4) is 0 Å². The maximum atomic E-state index is 11.2. The highest BCUT2D eigenvalue weighted by Crippen LogP contribution is 2.07. The van der Waals surface area contributed by atoms with Crippen molar-refractivity contribution in [2.75, 3.05) is 19.7 Å². The molecular weight excluding hydrogens is 194 g/mol. The molecule has 0 aromatic heterocycles. The molecule has 4 nitrogen and oxygen atoms in total. The molecule has 0 bridgehead atoms. The van der Waals surface area contributed by atoms with Gasteiger partial charge in [0.15, 0.2) is 0 Å². The third-order valence-corrected chi connectivity index (χ3v) is 1.86. The first-order valence-corrected chi connectivity index (χ1v) is 4.15. The fourth-order valence-electron chi connectivity index (χ4n) is 1.20. The topological polar surface area (TPSA) is 55.4 Å². The van der Waals surface area contributed by atoms with Gasteiger partial charge in [-0.25, -0.2) is 0 Å². The summed E-state index contributed by atoms with van der Waals surface area (Å²) >= 11 is 0. The molecule has 5 heteroatoms. The summed E-state index contributed by atoms with van der Waals surface area (Å²) in [5, 5.41) is 2.98. The SMILES string of the molecule is CCOC(=O)C1CNCCC1=O.Cl. The van der Waals surface area contributed by atoms with Crippen LogP contribution in [-0.2, 0) is 14.3 Å². The molecule has 1 heterocycles. The number of carbonyl (C=O) groups excluding carboxylic acids is 2. The summed E-state index contributed by atoms with van der Waals surface area (Å²) in [4.78, 5) is 22.3. The molecule has 76 valence electrons. The van der Waals surface area contributed by atoms with E-state index in [-0.39, 0.29) is 18.2 Å². The second-order valence-electron chi connectivity index (χ2n) is 2.73. The fraction of sp³-hybridized carbons (Fsp3) is 0.750. The van der Waals surface area contributed by atoms with Crippen molar-refractivity contribution in [2.45, 2.75) is 13.3 Å². The van der Waals surface area contributed by atoms with Crippen LogP contribution >= 0.6 is 12.4 Å². The van der Waals surface area contributed by atoms with E-state index in [9.17, 15) is 9.59 Å². The van der Waals surface area contributed by atoms with Crippen molar-refractivity contribution < 1.29 is 14.3 Å². The van der Waals surface area contributed by atoms with E-state index in [2.05, 4.69) is 5.32 Å². The van der Waals surface area contributed by atoms with E-state index in [0.717, 1.165) is 0 Å². The molecule has 0 amide bonds. The quantitative estimate of drug-likeness (QED) is 0.518. The summed E-state index contributed by atoms with van der Waals surface area (Å²) in [6.45, 7) is 3.17. The molecular formula is C8H14ClNO3. The summed E-state index contributed by atoms with van der Waals surface area (Å²) in [7, 11) is 0. The molecule has 1 N–H and O–H groups in total. The summed E-state index contributed by atoms with van der Waals surface area (Å²) in [6, 6.07) is 0. The third kappa shape index (κ3) is 3.32. The second kappa shape index (κ2) is 5.94. The summed E-state index contributed by atoms with van der Waals surface area (Å²) < 4.78 is 4.75. The molecule has 1 aliphatic rings. The maximum Gasteiger partial charge on any atom is 0.317 e. The van der Waals surface area contributed by atoms with Crippen molar-refractivity contribution in [1.82, 2.24) is 5.32 Å². The van der Waals surface area contributed by atoms with Crippen LogP contribution in [0.4, 0.5) is 0 Å². The normalized spacial score (nSPS) is 21.9. The van der Waals surface area contributed by atoms with Crippen LogP contribution < -0.4 is 5.32 Å². The van der Waals surface area contributed by atoms with Crippen LogP contribution in [0, 0.1) is 5.92 Å². The van der Waals surface area contributed by atoms with E-state index in [1.807, 2.05) is 0 Å². The number of halogens is 1. The van der Waals surface area contributed by atoms with Crippen molar-refractivity contribution in [2.24, 2.45) is 5.92 Å². The monoisotopic (exact) mass is 207 g/mol. The van der Waals surface area contributed by atoms with Crippen molar-refractivity contribution in [1.29, 1.82) is 0 Å². The van der Waals surface area contributed by atoms with Gasteiger partial charge in [0.25, 0.3) is 0 Å². The number of rotatable bonds is 2. The van der Waals surface area contributed by atoms with Gasteiger partial charge in [0.1, 0.15) is 11.7 Å². The van der Waals surface area contributed by atoms with E-state index in [1.165, 1.54) is 0 Å². The molecule has 0 aromatic carbocycles. The zero-order chi connectivity index (χ0) is 8.97. The van der Waals surface area contributed by atoms with Crippen LogP contribution in [-0.4, -0.2) is 31.4 Å². The highest BCUT2D eigenvalue weighted by atomic mass is 35.5. The number of ether oxygens (including phenoxy) is 1. The second-order valence-corrected chi connectivity index (χ2v) is 2.73. The largest absolute Gasteiger partial charge is 0.465 e. The number of esters is 1. The van der Waals surface area contributed by atoms with Gasteiger partial charge in [-0.05, 0) is 6.92 Å². The Balaban J connectivity index is 0.00000144. The molecule has 0 radical (unpaired) electrons. The van der Waals surface area contributed by atoms with Gasteiger partial charge in [0.2, 0.25) is 0 Å². The van der Waals surface area contributed by atoms with Crippen LogP contribution in [0.1, 0.15) is 13.3 Å². The number of carbonyl (C=O) groups is 2. The molecule has 13 heavy (non-hydrogen) atoms. The van der Waals surface area contributed by atoms with Gasteiger partial charge in [0.05, 0.1) is 6.61 Å². The minimum Gasteiger partial charge on any atom is -0.465 e. The van der Waals surface area contributed by atoms with Crippen molar-refractivity contribution >= 4 is 24.2 Å². The third-order valence-electron chi connectivity index (χ3n) is 1.86. The number of ketones is 1. The maximum absolute atomic E-state index is 11.2. The Labute approximate surface area is 83.4 Å². The fourth-order valence-corrected chi connectivity index (χ4v) is 1.20. The Kier molecular flexibility index (Phi) is 5.66. The predicted octanol–water partition coefficient (Wildman–Crippen LogP) is 0.150. The van der Waals surface area contributed by atoms with Gasteiger partial charge in [-0.3, -0.25) is 9.59 Å². The molecule has 0 saturated carbocycles. The number of nitrogens with one attached hydrogen (secondary N) is 1. The van der Waals surface area contributed by atoms with E-state index in [1.54, 1.807) is 6.92 Å². The summed E-state index contributed by atoms with van der Waals surface area (Å²) in [5.74, 6) is -0.972. The Morgan fingerprint density at radius 1 is 1.69 bits per heavy atom. The highest BCUT2D eigenvalue weighted by molar-refractivity contribution is 5.99. The van der Waals surface area contributed by atoms with Gasteiger partial charge < -0.3 is 10.1 Å². The number of hydrogen-bond donors (Lipinski definition) is 1. The van der Waals surface area contributed by atoms with Gasteiger partial charge >= 0.3 is 5.97 Å². The lowest BCUT2D eigenvalue weighted by atomic mass is 9.98. The smallest absolute Gasteiger partial charge is 0.317 e. The van der Waals surface area contributed by atoms with Crippen molar-refractivity contribution in [3.8, 4) is 0 Å². The van der Waals surface area contributed by atoms with Gasteiger partial charge in [-0.1, -0.05) is 0 Å². The van der Waals surface area contributed by atoms with E-state index >= 15 is 0 Å². The minimum absolute atomic E-state index is 0. The zero-order valence-corrected chi connectivity index (χ0v) is 8.36. The lowest BCUT2D eigenvalue weighted by Crippen LogP contribution is -2.41. The Morgan fingerprint density at radius 2 is 2.38 bits per heavy atom. The molecule has 1 fully saturated rings. The molecule has 1 atom stereocenters. The number of piperidine rings is 1. The average molecular weight is 208 g/mol. The molecule has 1 rings (SSSR count). The van der Waals surface area contributed by atoms with Gasteiger partial charge in [-0.15, -0.1) is 12.4 Å². The Hall–Kier alpha value is -0.610. The first-order chi connectivity index (χ1) is 5.75. The van der Waals surface area contributed by atoms with Crippen LogP contribution in [0.15, 0.2) is 0 Å². The van der Waals surface area contributed by atoms with Crippen LogP contribution in [0.2, 0.25) is 0 Å². The Morgan fingerprint density at radius 3 is 2.92 bits per heavy atom. The first kappa shape index (κ1) is 12.4. The molecule has 0 aromatic rings. The number of Topliss-reactive ketones (excluding diaryl/α,β-unsaturated/α-hetero) is 1. The summed E-state index contributed by atoms with van der Waals surface area (Å²) in [5.41, 5.74) is 0. The predicted molar refractivity (Wildman–Crippen MR) is 49.9 cm³/mol. The first-order valence-electron chi connectivity index (χ1n) is 4.15. The highest BCUT2D eigenvalue weighted by Gasteiger charge is 2.29. The number of hydrogen-bond acceptors (Lipinski definition) is 4.